The third-order valence-electron chi connectivity index (χ3n) is 4.39. The van der Waals surface area contributed by atoms with Crippen LogP contribution in [0.25, 0.3) is 22.5 Å². The van der Waals surface area contributed by atoms with Gasteiger partial charge in [0.1, 0.15) is 18.0 Å². The number of nitriles is 1. The summed E-state index contributed by atoms with van der Waals surface area (Å²) in [6, 6.07) is 7.45. The van der Waals surface area contributed by atoms with E-state index in [1.165, 1.54) is 0 Å². The predicted molar refractivity (Wildman–Crippen MR) is 106 cm³/mol. The van der Waals surface area contributed by atoms with E-state index >= 15 is 0 Å². The first-order valence-electron chi connectivity index (χ1n) is 8.89. The highest BCUT2D eigenvalue weighted by atomic mass is 16.3. The highest BCUT2D eigenvalue weighted by Gasteiger charge is 2.17. The van der Waals surface area contributed by atoms with Gasteiger partial charge in [0.05, 0.1) is 17.9 Å². The standard InChI is InChI=1S/C20H22N6O2/c1-12-8-15(9-18(28)14(12)3)19-16(11-26(25-19)7-5-21)17-4-6-22-20(24-17)23-10-13(2)27/h4,6,8-9,11,13,27-28H,7,10H2,1-3H3,(H,22,23,24)/t13-/m0/s1. The highest BCUT2D eigenvalue weighted by molar-refractivity contribution is 5.80. The molecular weight excluding hydrogens is 356 g/mol. The molecule has 0 saturated heterocycles. The lowest BCUT2D eigenvalue weighted by atomic mass is 10.00. The molecule has 0 spiro atoms. The van der Waals surface area contributed by atoms with E-state index in [-0.39, 0.29) is 12.3 Å². The number of anilines is 1. The fraction of sp³-hybridized carbons (Fsp3) is 0.300. The molecule has 3 aromatic rings. The predicted octanol–water partition coefficient (Wildman–Crippen LogP) is 2.65. The summed E-state index contributed by atoms with van der Waals surface area (Å²) in [5.74, 6) is 0.582. The minimum absolute atomic E-state index is 0.0992. The summed E-state index contributed by atoms with van der Waals surface area (Å²) in [4.78, 5) is 8.67. The number of aliphatic hydroxyl groups excluding tert-OH is 1. The van der Waals surface area contributed by atoms with Gasteiger partial charge in [0.15, 0.2) is 0 Å². The van der Waals surface area contributed by atoms with Gasteiger partial charge < -0.3 is 15.5 Å². The molecule has 28 heavy (non-hydrogen) atoms. The quantitative estimate of drug-likeness (QED) is 0.603. The van der Waals surface area contributed by atoms with Gasteiger partial charge >= 0.3 is 0 Å². The van der Waals surface area contributed by atoms with Crippen molar-refractivity contribution in [2.45, 2.75) is 33.4 Å². The van der Waals surface area contributed by atoms with Gasteiger partial charge in [0, 0.05) is 30.1 Å². The zero-order valence-electron chi connectivity index (χ0n) is 16.0. The van der Waals surface area contributed by atoms with E-state index in [0.717, 1.165) is 22.3 Å². The van der Waals surface area contributed by atoms with E-state index in [0.29, 0.717) is 23.9 Å². The van der Waals surface area contributed by atoms with Crippen molar-refractivity contribution in [1.29, 1.82) is 5.26 Å². The summed E-state index contributed by atoms with van der Waals surface area (Å²) in [5, 5.41) is 36.2. The van der Waals surface area contributed by atoms with Crippen LogP contribution < -0.4 is 5.32 Å². The number of rotatable bonds is 6. The lowest BCUT2D eigenvalue weighted by molar-refractivity contribution is 0.208. The first-order chi connectivity index (χ1) is 13.4. The van der Waals surface area contributed by atoms with Crippen molar-refractivity contribution >= 4 is 5.95 Å². The van der Waals surface area contributed by atoms with E-state index in [1.54, 1.807) is 36.1 Å². The second-order valence-corrected chi connectivity index (χ2v) is 6.68. The fourth-order valence-electron chi connectivity index (χ4n) is 2.79. The molecule has 0 unspecified atom stereocenters. The Labute approximate surface area is 163 Å². The number of aliphatic hydroxyl groups is 1. The van der Waals surface area contributed by atoms with Gasteiger partial charge in [-0.15, -0.1) is 0 Å². The summed E-state index contributed by atoms with van der Waals surface area (Å²) in [7, 11) is 0. The van der Waals surface area contributed by atoms with Gasteiger partial charge in [-0.05, 0) is 50.1 Å². The number of hydrogen-bond acceptors (Lipinski definition) is 7. The van der Waals surface area contributed by atoms with Crippen molar-refractivity contribution in [2.75, 3.05) is 11.9 Å². The van der Waals surface area contributed by atoms with Crippen LogP contribution in [-0.2, 0) is 6.54 Å². The number of aromatic nitrogens is 4. The third kappa shape index (κ3) is 4.10. The van der Waals surface area contributed by atoms with E-state index < -0.39 is 6.10 Å². The van der Waals surface area contributed by atoms with Gasteiger partial charge in [-0.2, -0.15) is 10.4 Å². The molecule has 3 N–H and O–H groups in total. The van der Waals surface area contributed by atoms with Crippen molar-refractivity contribution in [3.8, 4) is 34.3 Å². The summed E-state index contributed by atoms with van der Waals surface area (Å²) >= 11 is 0. The highest BCUT2D eigenvalue weighted by Crippen LogP contribution is 2.34. The Morgan fingerprint density at radius 1 is 1.32 bits per heavy atom. The van der Waals surface area contributed by atoms with E-state index in [4.69, 9.17) is 5.26 Å². The Balaban J connectivity index is 2.09. The van der Waals surface area contributed by atoms with Gasteiger partial charge in [0.2, 0.25) is 5.95 Å². The minimum Gasteiger partial charge on any atom is -0.508 e. The van der Waals surface area contributed by atoms with Crippen molar-refractivity contribution in [2.24, 2.45) is 0 Å². The van der Waals surface area contributed by atoms with Crippen molar-refractivity contribution < 1.29 is 10.2 Å². The number of phenols is 1. The van der Waals surface area contributed by atoms with Crippen LogP contribution in [0.1, 0.15) is 18.1 Å². The third-order valence-corrected chi connectivity index (χ3v) is 4.39. The summed E-state index contributed by atoms with van der Waals surface area (Å²) in [6.45, 7) is 5.88. The smallest absolute Gasteiger partial charge is 0.223 e. The second-order valence-electron chi connectivity index (χ2n) is 6.68. The molecule has 1 atom stereocenters. The maximum Gasteiger partial charge on any atom is 0.223 e. The Hall–Kier alpha value is -3.44. The molecule has 0 aliphatic rings. The van der Waals surface area contributed by atoms with Crippen LogP contribution in [0.2, 0.25) is 0 Å². The fourth-order valence-corrected chi connectivity index (χ4v) is 2.79. The Kier molecular flexibility index (Phi) is 5.57. The van der Waals surface area contributed by atoms with Crippen LogP contribution in [0.3, 0.4) is 0 Å². The lowest BCUT2D eigenvalue weighted by Crippen LogP contribution is -2.16. The first kappa shape index (κ1) is 19.3. The molecule has 8 heteroatoms. The lowest BCUT2D eigenvalue weighted by Gasteiger charge is -2.09. The van der Waals surface area contributed by atoms with Crippen LogP contribution in [0.15, 0.2) is 30.6 Å². The molecule has 0 fully saturated rings. The number of nitrogens with zero attached hydrogens (tertiary/aromatic N) is 5. The molecule has 1 aromatic carbocycles. The molecule has 2 aromatic heterocycles. The maximum absolute atomic E-state index is 10.2. The Morgan fingerprint density at radius 2 is 2.11 bits per heavy atom. The molecule has 144 valence electrons. The van der Waals surface area contributed by atoms with Gasteiger partial charge in [-0.1, -0.05) is 0 Å². The maximum atomic E-state index is 10.2. The molecule has 2 heterocycles. The van der Waals surface area contributed by atoms with E-state index in [2.05, 4.69) is 26.5 Å². The average Bonchev–Trinajstić information content (AvgIpc) is 3.08. The van der Waals surface area contributed by atoms with Crippen molar-refractivity contribution in [3.05, 3.63) is 41.7 Å². The second kappa shape index (κ2) is 8.06. The molecule has 0 aliphatic carbocycles. The van der Waals surface area contributed by atoms with Crippen LogP contribution in [0.4, 0.5) is 5.95 Å². The molecule has 0 aliphatic heterocycles. The number of nitrogens with one attached hydrogen (secondary N) is 1. The molecule has 8 nitrogen and oxygen atoms in total. The summed E-state index contributed by atoms with van der Waals surface area (Å²) in [5.41, 5.74) is 4.46. The molecule has 0 amide bonds. The number of aromatic hydroxyl groups is 1. The normalized spacial score (nSPS) is 11.8. The molecule has 0 radical (unpaired) electrons. The molecule has 0 saturated carbocycles. The Bertz CT molecular complexity index is 1010. The number of hydrogen-bond donors (Lipinski definition) is 3. The largest absolute Gasteiger partial charge is 0.508 e. The monoisotopic (exact) mass is 378 g/mol. The zero-order valence-corrected chi connectivity index (χ0v) is 16.0. The van der Waals surface area contributed by atoms with Gasteiger partial charge in [-0.25, -0.2) is 9.97 Å². The minimum atomic E-state index is -0.528. The van der Waals surface area contributed by atoms with Crippen LogP contribution >= 0.6 is 0 Å². The number of phenolic OH excluding ortho intramolecular Hbond substituents is 1. The first-order valence-corrected chi connectivity index (χ1v) is 8.89. The summed E-state index contributed by atoms with van der Waals surface area (Å²) < 4.78 is 1.54. The van der Waals surface area contributed by atoms with E-state index in [1.807, 2.05) is 19.9 Å². The molecular formula is C20H22N6O2. The van der Waals surface area contributed by atoms with Crippen LogP contribution in [-0.4, -0.2) is 42.6 Å². The number of aryl methyl sites for hydroxylation is 1. The topological polar surface area (TPSA) is 120 Å². The van der Waals surface area contributed by atoms with E-state index in [9.17, 15) is 10.2 Å². The zero-order chi connectivity index (χ0) is 20.3. The number of benzene rings is 1. The Morgan fingerprint density at radius 3 is 2.79 bits per heavy atom. The molecule has 0 bridgehead atoms. The summed E-state index contributed by atoms with van der Waals surface area (Å²) in [6.07, 6.45) is 2.85. The van der Waals surface area contributed by atoms with Crippen LogP contribution in [0.5, 0.6) is 5.75 Å². The average molecular weight is 378 g/mol. The van der Waals surface area contributed by atoms with Crippen molar-refractivity contribution in [3.63, 3.8) is 0 Å². The SMILES string of the molecule is Cc1cc(-c2nn(CC#N)cc2-c2ccnc(NC[C@H](C)O)n2)cc(O)c1C. The van der Waals surface area contributed by atoms with Gasteiger partial charge in [-0.3, -0.25) is 4.68 Å². The van der Waals surface area contributed by atoms with Crippen LogP contribution in [0, 0.1) is 25.2 Å². The molecule has 3 rings (SSSR count). The van der Waals surface area contributed by atoms with Crippen molar-refractivity contribution in [1.82, 2.24) is 19.7 Å². The van der Waals surface area contributed by atoms with Gasteiger partial charge in [0.25, 0.3) is 0 Å².